The molecule has 0 radical (unpaired) electrons. The van der Waals surface area contributed by atoms with Crippen LogP contribution in [0, 0.1) is 0 Å². The Bertz CT molecular complexity index is 485. The van der Waals surface area contributed by atoms with Crippen LogP contribution in [0.25, 0.3) is 0 Å². The highest BCUT2D eigenvalue weighted by Crippen LogP contribution is 2.27. The normalized spacial score (nSPS) is 17.4. The summed E-state index contributed by atoms with van der Waals surface area (Å²) in [7, 11) is 1.84. The van der Waals surface area contributed by atoms with Crippen LogP contribution in [0.2, 0.25) is 0 Å². The molecule has 2 rings (SSSR count). The highest BCUT2D eigenvalue weighted by atomic mass is 127. The molecule has 0 saturated carbocycles. The molecule has 24 heavy (non-hydrogen) atoms. The van der Waals surface area contributed by atoms with Crippen LogP contribution in [0.1, 0.15) is 37.6 Å². The number of rotatable bonds is 7. The van der Waals surface area contributed by atoms with Crippen LogP contribution in [0.15, 0.2) is 22.5 Å². The zero-order chi connectivity index (χ0) is 16.7. The molecule has 1 fully saturated rings. The molecule has 1 saturated heterocycles. The molecular weight excluding hydrogens is 451 g/mol. The number of nitrogens with zero attached hydrogens (tertiary/aromatic N) is 2. The third kappa shape index (κ3) is 6.72. The first-order chi connectivity index (χ1) is 11.1. The van der Waals surface area contributed by atoms with Crippen LogP contribution in [0.4, 0.5) is 0 Å². The second kappa shape index (κ2) is 10.9. The van der Waals surface area contributed by atoms with E-state index in [2.05, 4.69) is 58.1 Å². The van der Waals surface area contributed by atoms with Crippen molar-refractivity contribution in [3.8, 4) is 0 Å². The Labute approximate surface area is 172 Å². The summed E-state index contributed by atoms with van der Waals surface area (Å²) in [4.78, 5) is 8.41. The highest BCUT2D eigenvalue weighted by Gasteiger charge is 2.24. The fourth-order valence-electron chi connectivity index (χ4n) is 2.73. The van der Waals surface area contributed by atoms with Gasteiger partial charge >= 0.3 is 0 Å². The lowest BCUT2D eigenvalue weighted by Gasteiger charge is -2.28. The van der Waals surface area contributed by atoms with Gasteiger partial charge in [0.25, 0.3) is 0 Å². The van der Waals surface area contributed by atoms with Gasteiger partial charge in [-0.2, -0.15) is 11.8 Å². The Kier molecular flexibility index (Phi) is 10.00. The number of guanidine groups is 1. The largest absolute Gasteiger partial charge is 0.355 e. The molecule has 0 aromatic carbocycles. The van der Waals surface area contributed by atoms with Gasteiger partial charge in [-0.05, 0) is 57.5 Å². The lowest BCUT2D eigenvalue weighted by atomic mass is 10.2. The van der Waals surface area contributed by atoms with Gasteiger partial charge in [0.15, 0.2) is 5.96 Å². The average Bonchev–Trinajstić information content (AvgIpc) is 3.24. The number of hydrogen-bond donors (Lipinski definition) is 2. The van der Waals surface area contributed by atoms with Gasteiger partial charge in [0.2, 0.25) is 0 Å². The number of thiophene rings is 1. The van der Waals surface area contributed by atoms with E-state index >= 15 is 0 Å². The van der Waals surface area contributed by atoms with Crippen LogP contribution in [-0.4, -0.2) is 55.1 Å². The summed E-state index contributed by atoms with van der Waals surface area (Å²) >= 11 is 3.72. The first-order valence-electron chi connectivity index (χ1n) is 8.33. The van der Waals surface area contributed by atoms with Crippen molar-refractivity contribution < 1.29 is 0 Å². The molecule has 1 atom stereocenters. The Morgan fingerprint density at radius 2 is 2.08 bits per heavy atom. The van der Waals surface area contributed by atoms with Crippen LogP contribution in [-0.2, 0) is 0 Å². The van der Waals surface area contributed by atoms with Crippen molar-refractivity contribution in [3.63, 3.8) is 0 Å². The van der Waals surface area contributed by atoms with E-state index in [4.69, 9.17) is 0 Å². The lowest BCUT2D eigenvalue weighted by molar-refractivity contribution is 0.249. The zero-order valence-corrected chi connectivity index (χ0v) is 19.1. The topological polar surface area (TPSA) is 39.7 Å². The van der Waals surface area contributed by atoms with E-state index in [-0.39, 0.29) is 28.7 Å². The number of likely N-dealkylation sites (tertiary alicyclic amines) is 1. The molecule has 0 amide bonds. The second-order valence-electron chi connectivity index (χ2n) is 6.54. The van der Waals surface area contributed by atoms with E-state index in [1.165, 1.54) is 30.8 Å². The predicted molar refractivity (Wildman–Crippen MR) is 120 cm³/mol. The van der Waals surface area contributed by atoms with Crippen LogP contribution in [0.5, 0.6) is 0 Å². The van der Waals surface area contributed by atoms with Crippen molar-refractivity contribution in [1.29, 1.82) is 0 Å². The summed E-state index contributed by atoms with van der Waals surface area (Å²) in [5, 5.41) is 9.15. The van der Waals surface area contributed by atoms with Gasteiger partial charge in [-0.1, -0.05) is 6.07 Å². The van der Waals surface area contributed by atoms with Gasteiger partial charge < -0.3 is 10.6 Å². The minimum Gasteiger partial charge on any atom is -0.355 e. The van der Waals surface area contributed by atoms with Gasteiger partial charge in [0, 0.05) is 29.8 Å². The molecular formula is C17H31IN4S2. The smallest absolute Gasteiger partial charge is 0.191 e. The van der Waals surface area contributed by atoms with E-state index in [9.17, 15) is 0 Å². The Hall–Kier alpha value is 0.01000. The predicted octanol–water partition coefficient (Wildman–Crippen LogP) is 3.81. The third-order valence-corrected chi connectivity index (χ3v) is 6.60. The summed E-state index contributed by atoms with van der Waals surface area (Å²) < 4.78 is 0.208. The van der Waals surface area contributed by atoms with E-state index in [1.54, 1.807) is 0 Å². The average molecular weight is 483 g/mol. The zero-order valence-electron chi connectivity index (χ0n) is 15.2. The molecule has 2 N–H and O–H groups in total. The Morgan fingerprint density at radius 1 is 1.38 bits per heavy atom. The number of halogens is 1. The lowest BCUT2D eigenvalue weighted by Crippen LogP contribution is -2.46. The van der Waals surface area contributed by atoms with Crippen molar-refractivity contribution in [2.24, 2.45) is 4.99 Å². The Morgan fingerprint density at radius 3 is 2.62 bits per heavy atom. The van der Waals surface area contributed by atoms with Gasteiger partial charge in [0.05, 0.1) is 6.04 Å². The summed E-state index contributed by atoms with van der Waals surface area (Å²) in [6.07, 6.45) is 4.78. The molecule has 4 nitrogen and oxygen atoms in total. The van der Waals surface area contributed by atoms with Crippen LogP contribution >= 0.6 is 47.1 Å². The molecule has 7 heteroatoms. The van der Waals surface area contributed by atoms with Gasteiger partial charge in [-0.25, -0.2) is 0 Å². The first kappa shape index (κ1) is 22.1. The van der Waals surface area contributed by atoms with E-state index in [1.807, 2.05) is 30.1 Å². The minimum absolute atomic E-state index is 0. The fourth-order valence-corrected chi connectivity index (χ4v) is 3.80. The van der Waals surface area contributed by atoms with Crippen molar-refractivity contribution in [1.82, 2.24) is 15.5 Å². The van der Waals surface area contributed by atoms with E-state index in [0.717, 1.165) is 19.0 Å². The maximum absolute atomic E-state index is 4.38. The molecule has 0 spiro atoms. The molecule has 2 heterocycles. The quantitative estimate of drug-likeness (QED) is 0.352. The van der Waals surface area contributed by atoms with Gasteiger partial charge in [-0.3, -0.25) is 9.89 Å². The number of thioether (sulfide) groups is 1. The van der Waals surface area contributed by atoms with Crippen molar-refractivity contribution >= 4 is 53.0 Å². The monoisotopic (exact) mass is 482 g/mol. The molecule has 1 aromatic heterocycles. The van der Waals surface area contributed by atoms with E-state index in [0.29, 0.717) is 6.04 Å². The first-order valence-corrected chi connectivity index (χ1v) is 10.4. The maximum atomic E-state index is 4.38. The fraction of sp³-hybridized carbons (Fsp3) is 0.706. The minimum atomic E-state index is 0. The molecule has 1 aliphatic heterocycles. The maximum Gasteiger partial charge on any atom is 0.191 e. The third-order valence-electron chi connectivity index (χ3n) is 4.37. The SMILES string of the molecule is CN=C(NCC(c1cccs1)N1CCCC1)NCC(C)(C)SC.I. The Balaban J connectivity index is 0.00000288. The van der Waals surface area contributed by atoms with Crippen LogP contribution in [0.3, 0.4) is 0 Å². The number of hydrogen-bond acceptors (Lipinski definition) is 4. The summed E-state index contributed by atoms with van der Waals surface area (Å²) in [6.45, 7) is 8.71. The highest BCUT2D eigenvalue weighted by molar-refractivity contribution is 14.0. The van der Waals surface area contributed by atoms with Gasteiger partial charge in [-0.15, -0.1) is 35.3 Å². The summed E-state index contributed by atoms with van der Waals surface area (Å²) in [6, 6.07) is 4.85. The van der Waals surface area contributed by atoms with Crippen molar-refractivity contribution in [3.05, 3.63) is 22.4 Å². The number of aliphatic imine (C=N–C) groups is 1. The summed E-state index contributed by atoms with van der Waals surface area (Å²) in [5.41, 5.74) is 0. The molecule has 1 unspecified atom stereocenters. The summed E-state index contributed by atoms with van der Waals surface area (Å²) in [5.74, 6) is 0.896. The van der Waals surface area contributed by atoms with E-state index < -0.39 is 0 Å². The molecule has 138 valence electrons. The van der Waals surface area contributed by atoms with Gasteiger partial charge in [0.1, 0.15) is 0 Å². The van der Waals surface area contributed by atoms with Crippen LogP contribution < -0.4 is 10.6 Å². The van der Waals surface area contributed by atoms with Crippen molar-refractivity contribution in [2.45, 2.75) is 37.5 Å². The molecule has 1 aliphatic rings. The molecule has 0 aliphatic carbocycles. The standard InChI is InChI=1S/C17H30N4S2.HI/c1-17(2,22-4)13-20-16(18-3)19-12-14(15-8-7-11-23-15)21-9-5-6-10-21;/h7-8,11,14H,5-6,9-10,12-13H2,1-4H3,(H2,18,19,20);1H. The molecule has 1 aromatic rings. The number of nitrogens with one attached hydrogen (secondary N) is 2. The second-order valence-corrected chi connectivity index (χ2v) is 9.04. The van der Waals surface area contributed by atoms with Crippen molar-refractivity contribution in [2.75, 3.05) is 39.5 Å². The molecule has 0 bridgehead atoms.